The summed E-state index contributed by atoms with van der Waals surface area (Å²) in [5, 5.41) is 5.54. The number of rotatable bonds is 4. The normalized spacial score (nSPS) is 19.3. The van der Waals surface area contributed by atoms with Gasteiger partial charge in [0.05, 0.1) is 5.69 Å². The number of carbonyl (C=O) groups excluding carboxylic acids is 2. The monoisotopic (exact) mass is 356 g/mol. The van der Waals surface area contributed by atoms with Gasteiger partial charge in [0.25, 0.3) is 0 Å². The van der Waals surface area contributed by atoms with E-state index in [1.165, 1.54) is 0 Å². The van der Waals surface area contributed by atoms with Gasteiger partial charge in [-0.15, -0.1) is 11.8 Å². The first-order chi connectivity index (χ1) is 12.2. The fourth-order valence-electron chi connectivity index (χ4n) is 2.65. The average molecular weight is 356 g/mol. The molecule has 25 heavy (non-hydrogen) atoms. The highest BCUT2D eigenvalue weighted by molar-refractivity contribution is 8.00. The highest BCUT2D eigenvalue weighted by Crippen LogP contribution is 2.36. The van der Waals surface area contributed by atoms with Crippen LogP contribution in [0.15, 0.2) is 59.5 Å². The number of hydrogen-bond acceptors (Lipinski definition) is 4. The largest absolute Gasteiger partial charge is 0.445 e. The highest BCUT2D eigenvalue weighted by Gasteiger charge is 2.33. The first kappa shape index (κ1) is 17.4. The molecule has 2 N–H and O–H groups in total. The molecule has 0 spiro atoms. The number of anilines is 1. The molecule has 2 amide bonds. The van der Waals surface area contributed by atoms with Crippen molar-refractivity contribution in [1.82, 2.24) is 5.32 Å². The zero-order chi connectivity index (χ0) is 17.6. The lowest BCUT2D eigenvalue weighted by atomic mass is 10.1. The molecule has 5 nitrogen and oxygen atoms in total. The second-order valence-electron chi connectivity index (χ2n) is 5.73. The molecule has 1 unspecified atom stereocenters. The van der Waals surface area contributed by atoms with E-state index in [0.717, 1.165) is 22.6 Å². The summed E-state index contributed by atoms with van der Waals surface area (Å²) < 4.78 is 5.25. The standard InChI is InChI=1S/C19H20N2O3S/c1-2-15-17(18(22)20-14-10-6-7-11-16(14)25-15)21-19(23)24-12-13-8-4-3-5-9-13/h3-11,15,17H,2,12H2,1H3,(H,20,22)(H,21,23)/t15?,17-/m1/s1. The van der Waals surface area contributed by atoms with Crippen LogP contribution in [0.2, 0.25) is 0 Å². The Hall–Kier alpha value is -2.47. The van der Waals surface area contributed by atoms with Crippen molar-refractivity contribution in [1.29, 1.82) is 0 Å². The molecule has 1 aliphatic rings. The zero-order valence-corrected chi connectivity index (χ0v) is 14.7. The molecule has 2 atom stereocenters. The summed E-state index contributed by atoms with van der Waals surface area (Å²) >= 11 is 1.59. The Balaban J connectivity index is 1.66. The minimum atomic E-state index is -0.648. The quantitative estimate of drug-likeness (QED) is 0.874. The predicted octanol–water partition coefficient (Wildman–Crippen LogP) is 3.80. The maximum atomic E-state index is 12.6. The molecule has 0 saturated heterocycles. The van der Waals surface area contributed by atoms with Gasteiger partial charge < -0.3 is 15.4 Å². The Morgan fingerprint density at radius 2 is 1.88 bits per heavy atom. The van der Waals surface area contributed by atoms with Gasteiger partial charge in [0.1, 0.15) is 12.6 Å². The fourth-order valence-corrected chi connectivity index (χ4v) is 3.88. The number of thioether (sulfide) groups is 1. The van der Waals surface area contributed by atoms with Crippen molar-refractivity contribution in [2.75, 3.05) is 5.32 Å². The van der Waals surface area contributed by atoms with Crippen molar-refractivity contribution in [3.8, 4) is 0 Å². The van der Waals surface area contributed by atoms with Crippen LogP contribution in [0.3, 0.4) is 0 Å². The molecule has 6 heteroatoms. The second-order valence-corrected chi connectivity index (χ2v) is 7.01. The minimum Gasteiger partial charge on any atom is -0.445 e. The molecule has 0 fully saturated rings. The molecule has 3 rings (SSSR count). The maximum Gasteiger partial charge on any atom is 0.408 e. The van der Waals surface area contributed by atoms with Crippen LogP contribution in [0.25, 0.3) is 0 Å². The van der Waals surface area contributed by atoms with Crippen molar-refractivity contribution in [2.45, 2.75) is 36.1 Å². The SMILES string of the molecule is CCC1Sc2ccccc2NC(=O)[C@@H]1NC(=O)OCc1ccccc1. The third-order valence-corrected chi connectivity index (χ3v) is 5.48. The lowest BCUT2D eigenvalue weighted by Crippen LogP contribution is -2.49. The summed E-state index contributed by atoms with van der Waals surface area (Å²) in [4.78, 5) is 25.7. The molecule has 1 aliphatic heterocycles. The van der Waals surface area contributed by atoms with E-state index < -0.39 is 12.1 Å². The number of amides is 2. The number of para-hydroxylation sites is 1. The highest BCUT2D eigenvalue weighted by atomic mass is 32.2. The summed E-state index contributed by atoms with van der Waals surface area (Å²) in [6.45, 7) is 2.17. The van der Waals surface area contributed by atoms with Crippen LogP contribution in [-0.4, -0.2) is 23.3 Å². The van der Waals surface area contributed by atoms with Crippen LogP contribution in [-0.2, 0) is 16.1 Å². The van der Waals surface area contributed by atoms with Crippen LogP contribution in [0, 0.1) is 0 Å². The summed E-state index contributed by atoms with van der Waals surface area (Å²) in [5.74, 6) is -0.221. The summed E-state index contributed by atoms with van der Waals surface area (Å²) in [6.07, 6.45) is 0.157. The van der Waals surface area contributed by atoms with E-state index in [-0.39, 0.29) is 17.8 Å². The number of nitrogens with one attached hydrogen (secondary N) is 2. The lowest BCUT2D eigenvalue weighted by molar-refractivity contribution is -0.118. The molecule has 0 aliphatic carbocycles. The molecular weight excluding hydrogens is 336 g/mol. The predicted molar refractivity (Wildman–Crippen MR) is 98.6 cm³/mol. The van der Waals surface area contributed by atoms with Gasteiger partial charge in [0.2, 0.25) is 5.91 Å². The van der Waals surface area contributed by atoms with Crippen LogP contribution in [0.4, 0.5) is 10.5 Å². The van der Waals surface area contributed by atoms with E-state index in [1.54, 1.807) is 11.8 Å². The molecule has 130 valence electrons. The molecule has 0 aromatic heterocycles. The van der Waals surface area contributed by atoms with E-state index >= 15 is 0 Å². The number of carbonyl (C=O) groups is 2. The smallest absolute Gasteiger partial charge is 0.408 e. The Labute approximate surface area is 151 Å². The number of fused-ring (bicyclic) bond motifs is 1. The maximum absolute atomic E-state index is 12.6. The third kappa shape index (κ3) is 4.33. The van der Waals surface area contributed by atoms with Crippen LogP contribution >= 0.6 is 11.8 Å². The van der Waals surface area contributed by atoms with Gasteiger partial charge in [0, 0.05) is 10.1 Å². The lowest BCUT2D eigenvalue weighted by Gasteiger charge is -2.22. The van der Waals surface area contributed by atoms with Gasteiger partial charge in [0.15, 0.2) is 0 Å². The van der Waals surface area contributed by atoms with E-state index in [1.807, 2.05) is 61.5 Å². The molecular formula is C19H20N2O3S. The first-order valence-corrected chi connectivity index (χ1v) is 9.09. The van der Waals surface area contributed by atoms with E-state index in [9.17, 15) is 9.59 Å². The Kier molecular flexibility index (Phi) is 5.60. The van der Waals surface area contributed by atoms with Gasteiger partial charge in [-0.1, -0.05) is 49.4 Å². The van der Waals surface area contributed by atoms with Gasteiger partial charge in [-0.2, -0.15) is 0 Å². The van der Waals surface area contributed by atoms with Crippen LogP contribution in [0.1, 0.15) is 18.9 Å². The number of benzene rings is 2. The summed E-state index contributed by atoms with van der Waals surface area (Å²) in [7, 11) is 0. The van der Waals surface area contributed by atoms with Crippen molar-refractivity contribution >= 4 is 29.4 Å². The Morgan fingerprint density at radius 1 is 1.16 bits per heavy atom. The van der Waals surface area contributed by atoms with Crippen molar-refractivity contribution in [3.63, 3.8) is 0 Å². The first-order valence-electron chi connectivity index (χ1n) is 8.21. The molecule has 2 aromatic rings. The van der Waals surface area contributed by atoms with E-state index in [4.69, 9.17) is 4.74 Å². The van der Waals surface area contributed by atoms with Crippen molar-refractivity contribution < 1.29 is 14.3 Å². The van der Waals surface area contributed by atoms with Crippen molar-refractivity contribution in [3.05, 3.63) is 60.2 Å². The summed E-state index contributed by atoms with van der Waals surface area (Å²) in [6, 6.07) is 16.4. The second kappa shape index (κ2) is 8.07. The molecule has 0 bridgehead atoms. The topological polar surface area (TPSA) is 67.4 Å². The number of hydrogen-bond donors (Lipinski definition) is 2. The Bertz CT molecular complexity index is 751. The number of ether oxygens (including phenoxy) is 1. The average Bonchev–Trinajstić information content (AvgIpc) is 2.77. The van der Waals surface area contributed by atoms with E-state index in [0.29, 0.717) is 0 Å². The minimum absolute atomic E-state index is 0.0621. The zero-order valence-electron chi connectivity index (χ0n) is 13.9. The van der Waals surface area contributed by atoms with Crippen molar-refractivity contribution in [2.24, 2.45) is 0 Å². The number of alkyl carbamates (subject to hydrolysis) is 1. The van der Waals surface area contributed by atoms with Gasteiger partial charge in [-0.3, -0.25) is 4.79 Å². The van der Waals surface area contributed by atoms with Gasteiger partial charge >= 0.3 is 6.09 Å². The third-order valence-electron chi connectivity index (χ3n) is 3.97. The molecule has 1 heterocycles. The molecule has 0 saturated carbocycles. The fraction of sp³-hybridized carbons (Fsp3) is 0.263. The Morgan fingerprint density at radius 3 is 2.64 bits per heavy atom. The molecule has 0 radical (unpaired) electrons. The van der Waals surface area contributed by atoms with Gasteiger partial charge in [-0.25, -0.2) is 4.79 Å². The van der Waals surface area contributed by atoms with Crippen LogP contribution in [0.5, 0.6) is 0 Å². The van der Waals surface area contributed by atoms with E-state index in [2.05, 4.69) is 10.6 Å². The molecule has 2 aromatic carbocycles. The van der Waals surface area contributed by atoms with Crippen LogP contribution < -0.4 is 10.6 Å². The van der Waals surface area contributed by atoms with Gasteiger partial charge in [-0.05, 0) is 24.1 Å². The summed E-state index contributed by atoms with van der Waals surface area (Å²) in [5.41, 5.74) is 1.68.